The smallest absolute Gasteiger partial charge is 0.311 e. The van der Waals surface area contributed by atoms with Gasteiger partial charge < -0.3 is 19.3 Å². The molecule has 0 aromatic heterocycles. The molecular weight excluding hydrogens is 344 g/mol. The Hall–Kier alpha value is -1.69. The molecule has 5 heteroatoms. The SMILES string of the molecule is C=C1/C=C/C(C(C)C(=C)C)OC(=O)CC2(O)OC(CC(=C)C2C)C2OC2C1. The summed E-state index contributed by atoms with van der Waals surface area (Å²) in [5.74, 6) is -2.58. The highest BCUT2D eigenvalue weighted by atomic mass is 16.7. The first-order valence-electron chi connectivity index (χ1n) is 9.55. The lowest BCUT2D eigenvalue weighted by atomic mass is 9.83. The molecule has 3 rings (SSSR count). The first kappa shape index (κ1) is 20.1. The van der Waals surface area contributed by atoms with Crippen LogP contribution in [0.3, 0.4) is 0 Å². The Balaban J connectivity index is 1.89. The molecule has 7 atom stereocenters. The molecule has 3 heterocycles. The molecule has 5 nitrogen and oxygen atoms in total. The average molecular weight is 374 g/mol. The van der Waals surface area contributed by atoms with Crippen molar-refractivity contribution in [1.29, 1.82) is 0 Å². The van der Waals surface area contributed by atoms with Gasteiger partial charge in [0.05, 0.1) is 12.2 Å². The van der Waals surface area contributed by atoms with Gasteiger partial charge in [0.15, 0.2) is 5.79 Å². The lowest BCUT2D eigenvalue weighted by Crippen LogP contribution is -2.51. The van der Waals surface area contributed by atoms with E-state index in [1.54, 1.807) is 0 Å². The largest absolute Gasteiger partial charge is 0.457 e. The number of ether oxygens (including phenoxy) is 3. The van der Waals surface area contributed by atoms with Crippen molar-refractivity contribution >= 4 is 5.97 Å². The molecule has 148 valence electrons. The predicted molar refractivity (Wildman–Crippen MR) is 103 cm³/mol. The number of cyclic esters (lactones) is 1. The fourth-order valence-corrected chi connectivity index (χ4v) is 3.73. The molecule has 2 bridgehead atoms. The number of hydrogen-bond donors (Lipinski definition) is 1. The molecule has 27 heavy (non-hydrogen) atoms. The van der Waals surface area contributed by atoms with Gasteiger partial charge in [-0.2, -0.15) is 0 Å². The third kappa shape index (κ3) is 4.26. The molecule has 0 aromatic rings. The monoisotopic (exact) mass is 374 g/mol. The van der Waals surface area contributed by atoms with Crippen molar-refractivity contribution in [3.05, 3.63) is 48.6 Å². The number of epoxide rings is 1. The first-order chi connectivity index (χ1) is 12.6. The van der Waals surface area contributed by atoms with Crippen LogP contribution in [0.25, 0.3) is 0 Å². The minimum atomic E-state index is -1.64. The van der Waals surface area contributed by atoms with Gasteiger partial charge in [0.2, 0.25) is 0 Å². The highest BCUT2D eigenvalue weighted by Gasteiger charge is 2.53. The number of rotatable bonds is 2. The van der Waals surface area contributed by atoms with Gasteiger partial charge in [0.25, 0.3) is 0 Å². The van der Waals surface area contributed by atoms with Crippen LogP contribution in [0.5, 0.6) is 0 Å². The number of esters is 1. The van der Waals surface area contributed by atoms with Gasteiger partial charge in [0.1, 0.15) is 18.6 Å². The Morgan fingerprint density at radius 1 is 1.33 bits per heavy atom. The maximum Gasteiger partial charge on any atom is 0.311 e. The average Bonchev–Trinajstić information content (AvgIpc) is 3.33. The Kier molecular flexibility index (Phi) is 5.48. The van der Waals surface area contributed by atoms with Crippen molar-refractivity contribution < 1.29 is 24.1 Å². The second-order valence-corrected chi connectivity index (χ2v) is 8.21. The lowest BCUT2D eigenvalue weighted by molar-refractivity contribution is -0.271. The number of carbonyl (C=O) groups excluding carboxylic acids is 1. The first-order valence-corrected chi connectivity index (χ1v) is 9.55. The van der Waals surface area contributed by atoms with Gasteiger partial charge in [-0.15, -0.1) is 0 Å². The summed E-state index contributed by atoms with van der Waals surface area (Å²) < 4.78 is 17.4. The fraction of sp³-hybridized carbons (Fsp3) is 0.591. The molecule has 0 radical (unpaired) electrons. The van der Waals surface area contributed by atoms with E-state index in [-0.39, 0.29) is 36.6 Å². The van der Waals surface area contributed by atoms with Crippen LogP contribution in [-0.2, 0) is 19.0 Å². The maximum absolute atomic E-state index is 12.6. The van der Waals surface area contributed by atoms with Crippen molar-refractivity contribution in [2.24, 2.45) is 11.8 Å². The number of allylic oxidation sites excluding steroid dienone is 1. The van der Waals surface area contributed by atoms with Crippen molar-refractivity contribution in [1.82, 2.24) is 0 Å². The fourth-order valence-electron chi connectivity index (χ4n) is 3.73. The minimum Gasteiger partial charge on any atom is -0.457 e. The number of hydrogen-bond acceptors (Lipinski definition) is 5. The van der Waals surface area contributed by atoms with Gasteiger partial charge in [-0.3, -0.25) is 4.79 Å². The molecule has 0 spiro atoms. The minimum absolute atomic E-state index is 0.00647. The molecule has 0 amide bonds. The van der Waals surface area contributed by atoms with Crippen LogP contribution in [0.1, 0.15) is 40.0 Å². The zero-order chi connectivity index (χ0) is 19.9. The van der Waals surface area contributed by atoms with E-state index in [9.17, 15) is 9.90 Å². The Labute approximate surface area is 161 Å². The van der Waals surface area contributed by atoms with Crippen LogP contribution in [0.2, 0.25) is 0 Å². The molecule has 2 saturated heterocycles. The van der Waals surface area contributed by atoms with E-state index in [0.717, 1.165) is 16.7 Å². The van der Waals surface area contributed by atoms with Gasteiger partial charge in [0, 0.05) is 18.3 Å². The van der Waals surface area contributed by atoms with Gasteiger partial charge in [-0.25, -0.2) is 0 Å². The third-order valence-electron chi connectivity index (χ3n) is 6.02. The van der Waals surface area contributed by atoms with E-state index in [1.165, 1.54) is 0 Å². The van der Waals surface area contributed by atoms with Crippen molar-refractivity contribution in [2.45, 2.75) is 70.2 Å². The summed E-state index contributed by atoms with van der Waals surface area (Å²) in [7, 11) is 0. The topological polar surface area (TPSA) is 68.3 Å². The predicted octanol–water partition coefficient (Wildman–Crippen LogP) is 3.45. The van der Waals surface area contributed by atoms with Crippen molar-refractivity contribution in [3.8, 4) is 0 Å². The molecule has 3 aliphatic heterocycles. The van der Waals surface area contributed by atoms with E-state index in [4.69, 9.17) is 14.2 Å². The van der Waals surface area contributed by atoms with Crippen LogP contribution < -0.4 is 0 Å². The highest BCUT2D eigenvalue weighted by Crippen LogP contribution is 2.44. The third-order valence-corrected chi connectivity index (χ3v) is 6.02. The summed E-state index contributed by atoms with van der Waals surface area (Å²) in [6.45, 7) is 17.8. The van der Waals surface area contributed by atoms with E-state index in [1.807, 2.05) is 32.9 Å². The van der Waals surface area contributed by atoms with E-state index in [0.29, 0.717) is 12.8 Å². The highest BCUT2D eigenvalue weighted by molar-refractivity contribution is 5.71. The Morgan fingerprint density at radius 3 is 2.70 bits per heavy atom. The van der Waals surface area contributed by atoms with Crippen LogP contribution in [0, 0.1) is 11.8 Å². The molecule has 7 unspecified atom stereocenters. The summed E-state index contributed by atoms with van der Waals surface area (Å²) in [4.78, 5) is 12.6. The number of aliphatic hydroxyl groups is 1. The molecule has 0 aromatic carbocycles. The molecule has 0 saturated carbocycles. The summed E-state index contributed by atoms with van der Waals surface area (Å²) >= 11 is 0. The molecular formula is C22H30O5. The van der Waals surface area contributed by atoms with Crippen molar-refractivity contribution in [2.75, 3.05) is 0 Å². The van der Waals surface area contributed by atoms with Crippen LogP contribution >= 0.6 is 0 Å². The zero-order valence-corrected chi connectivity index (χ0v) is 16.4. The van der Waals surface area contributed by atoms with Crippen LogP contribution in [-0.4, -0.2) is 41.3 Å². The van der Waals surface area contributed by atoms with Crippen LogP contribution in [0.4, 0.5) is 0 Å². The summed E-state index contributed by atoms with van der Waals surface area (Å²) in [6.07, 6.45) is 3.84. The van der Waals surface area contributed by atoms with Crippen molar-refractivity contribution in [3.63, 3.8) is 0 Å². The summed E-state index contributed by atoms with van der Waals surface area (Å²) in [5, 5.41) is 11.1. The zero-order valence-electron chi connectivity index (χ0n) is 16.4. The quantitative estimate of drug-likeness (QED) is 0.455. The second kappa shape index (κ2) is 7.38. The number of carbonyl (C=O) groups is 1. The molecule has 0 aliphatic carbocycles. The molecule has 2 fully saturated rings. The van der Waals surface area contributed by atoms with E-state index >= 15 is 0 Å². The Bertz CT molecular complexity index is 693. The Morgan fingerprint density at radius 2 is 2.04 bits per heavy atom. The summed E-state index contributed by atoms with van der Waals surface area (Å²) in [5.41, 5.74) is 2.66. The maximum atomic E-state index is 12.6. The van der Waals surface area contributed by atoms with Crippen LogP contribution in [0.15, 0.2) is 48.6 Å². The molecule has 1 N–H and O–H groups in total. The second-order valence-electron chi connectivity index (χ2n) is 8.21. The van der Waals surface area contributed by atoms with Gasteiger partial charge in [-0.05, 0) is 19.4 Å². The lowest BCUT2D eigenvalue weighted by Gasteiger charge is -2.42. The molecule has 3 aliphatic rings. The number of fused-ring (bicyclic) bond motifs is 4. The standard InChI is InChI=1S/C22H30O5/c1-12(2)15(5)17-8-7-13(3)9-18-21(26-18)19-10-14(4)16(6)22(24,27-19)11-20(23)25-17/h7-8,15-19,21,24H,1,3-4,9-11H2,2,5-6H3/b8-7+. The van der Waals surface area contributed by atoms with E-state index < -0.39 is 17.9 Å². The summed E-state index contributed by atoms with van der Waals surface area (Å²) in [6, 6.07) is 0. The van der Waals surface area contributed by atoms with Gasteiger partial charge >= 0.3 is 5.97 Å². The normalized spacial score (nSPS) is 41.9. The van der Waals surface area contributed by atoms with Gasteiger partial charge in [-0.1, -0.05) is 56.4 Å². The van der Waals surface area contributed by atoms with E-state index in [2.05, 4.69) is 19.7 Å².